The van der Waals surface area contributed by atoms with E-state index in [2.05, 4.69) is 5.32 Å². The molecule has 2 amide bonds. The highest BCUT2D eigenvalue weighted by Crippen LogP contribution is 2.23. The molecule has 8 nitrogen and oxygen atoms in total. The molecule has 0 saturated carbocycles. The number of carbonyl (C=O) groups is 2. The number of methoxy groups -OCH3 is 1. The summed E-state index contributed by atoms with van der Waals surface area (Å²) < 4.78 is 31.2. The van der Waals surface area contributed by atoms with Crippen molar-refractivity contribution in [3.63, 3.8) is 0 Å². The van der Waals surface area contributed by atoms with E-state index in [4.69, 9.17) is 16.3 Å². The van der Waals surface area contributed by atoms with E-state index in [-0.39, 0.29) is 43.8 Å². The lowest BCUT2D eigenvalue weighted by molar-refractivity contribution is -0.140. The first kappa shape index (κ1) is 28.5. The van der Waals surface area contributed by atoms with E-state index < -0.39 is 16.1 Å². The van der Waals surface area contributed by atoms with Gasteiger partial charge in [-0.05, 0) is 63.1 Å². The van der Waals surface area contributed by atoms with Gasteiger partial charge in [0.15, 0.2) is 0 Å². The molecule has 2 aromatic carbocycles. The van der Waals surface area contributed by atoms with Crippen LogP contribution in [0.5, 0.6) is 5.75 Å². The van der Waals surface area contributed by atoms with Crippen molar-refractivity contribution in [2.45, 2.75) is 52.2 Å². The molecule has 0 fully saturated rings. The SMILES string of the molecule is COc1ccc(N(CCCC(=O)N(Cc2ccccc2Cl)C(C)C(=O)NC(C)C)S(C)(=O)=O)cc1. The van der Waals surface area contributed by atoms with Crippen molar-refractivity contribution in [1.29, 1.82) is 0 Å². The maximum atomic E-state index is 13.3. The predicted molar refractivity (Wildman–Crippen MR) is 139 cm³/mol. The van der Waals surface area contributed by atoms with Crippen LogP contribution in [0.4, 0.5) is 5.69 Å². The van der Waals surface area contributed by atoms with E-state index in [0.717, 1.165) is 11.8 Å². The number of benzene rings is 2. The maximum absolute atomic E-state index is 13.3. The summed E-state index contributed by atoms with van der Waals surface area (Å²) in [6.07, 6.45) is 1.46. The highest BCUT2D eigenvalue weighted by atomic mass is 35.5. The van der Waals surface area contributed by atoms with E-state index in [1.165, 1.54) is 16.3 Å². The zero-order valence-electron chi connectivity index (χ0n) is 20.8. The smallest absolute Gasteiger partial charge is 0.242 e. The summed E-state index contributed by atoms with van der Waals surface area (Å²) in [5, 5.41) is 3.34. The quantitative estimate of drug-likeness (QED) is 0.456. The van der Waals surface area contributed by atoms with Crippen LogP contribution in [0.1, 0.15) is 39.2 Å². The van der Waals surface area contributed by atoms with E-state index in [9.17, 15) is 18.0 Å². The lowest BCUT2D eigenvalue weighted by Gasteiger charge is -2.30. The van der Waals surface area contributed by atoms with Crippen LogP contribution >= 0.6 is 11.6 Å². The number of rotatable bonds is 12. The van der Waals surface area contributed by atoms with E-state index in [0.29, 0.717) is 16.5 Å². The fraction of sp³-hybridized carbons (Fsp3) is 0.440. The molecule has 0 bridgehead atoms. The van der Waals surface area contributed by atoms with Crippen LogP contribution < -0.4 is 14.4 Å². The molecule has 2 rings (SSSR count). The first-order valence-electron chi connectivity index (χ1n) is 11.4. The van der Waals surface area contributed by atoms with Crippen molar-refractivity contribution in [1.82, 2.24) is 10.2 Å². The Morgan fingerprint density at radius 2 is 1.69 bits per heavy atom. The van der Waals surface area contributed by atoms with Gasteiger partial charge in [0.25, 0.3) is 0 Å². The molecular weight excluding hydrogens is 490 g/mol. The summed E-state index contributed by atoms with van der Waals surface area (Å²) in [5.74, 6) is 0.0807. The van der Waals surface area contributed by atoms with E-state index >= 15 is 0 Å². The van der Waals surface area contributed by atoms with Gasteiger partial charge in [-0.1, -0.05) is 29.8 Å². The van der Waals surface area contributed by atoms with Crippen molar-refractivity contribution in [2.24, 2.45) is 0 Å². The molecule has 0 heterocycles. The van der Waals surface area contributed by atoms with Gasteiger partial charge in [0.2, 0.25) is 21.8 Å². The number of ether oxygens (including phenoxy) is 1. The second-order valence-electron chi connectivity index (χ2n) is 8.59. The Hall–Kier alpha value is -2.78. The Labute approximate surface area is 213 Å². The second kappa shape index (κ2) is 12.8. The van der Waals surface area contributed by atoms with Gasteiger partial charge in [0.05, 0.1) is 19.1 Å². The topological polar surface area (TPSA) is 96.0 Å². The third-order valence-electron chi connectivity index (χ3n) is 5.41. The summed E-state index contributed by atoms with van der Waals surface area (Å²) in [5.41, 5.74) is 1.21. The molecular formula is C25H34ClN3O5S. The van der Waals surface area contributed by atoms with Crippen LogP contribution in [0.3, 0.4) is 0 Å². The summed E-state index contributed by atoms with van der Waals surface area (Å²) in [6, 6.07) is 13.0. The van der Waals surface area contributed by atoms with Gasteiger partial charge < -0.3 is 15.0 Å². The normalized spacial score (nSPS) is 12.2. The van der Waals surface area contributed by atoms with Crippen molar-refractivity contribution >= 4 is 39.1 Å². The van der Waals surface area contributed by atoms with Crippen LogP contribution in [0.2, 0.25) is 5.02 Å². The number of anilines is 1. The molecule has 0 saturated heterocycles. The lowest BCUT2D eigenvalue weighted by Crippen LogP contribution is -2.49. The fourth-order valence-electron chi connectivity index (χ4n) is 3.55. The van der Waals surface area contributed by atoms with Gasteiger partial charge in [-0.15, -0.1) is 0 Å². The Morgan fingerprint density at radius 1 is 1.06 bits per heavy atom. The first-order valence-corrected chi connectivity index (χ1v) is 13.6. The molecule has 1 atom stereocenters. The molecule has 0 spiro atoms. The molecule has 10 heteroatoms. The zero-order valence-corrected chi connectivity index (χ0v) is 22.4. The monoisotopic (exact) mass is 523 g/mol. The predicted octanol–water partition coefficient (Wildman–Crippen LogP) is 3.84. The minimum atomic E-state index is -3.57. The number of sulfonamides is 1. The highest BCUT2D eigenvalue weighted by Gasteiger charge is 2.27. The van der Waals surface area contributed by atoms with E-state index in [1.807, 2.05) is 26.0 Å². The lowest BCUT2D eigenvalue weighted by atomic mass is 10.1. The van der Waals surface area contributed by atoms with Gasteiger partial charge in [0.1, 0.15) is 11.8 Å². The first-order chi connectivity index (χ1) is 16.4. The average molecular weight is 524 g/mol. The Kier molecular flexibility index (Phi) is 10.4. The van der Waals surface area contributed by atoms with Crippen molar-refractivity contribution in [2.75, 3.05) is 24.2 Å². The number of halogens is 1. The molecule has 0 aliphatic rings. The molecule has 0 aliphatic heterocycles. The molecule has 0 aliphatic carbocycles. The highest BCUT2D eigenvalue weighted by molar-refractivity contribution is 7.92. The third-order valence-corrected chi connectivity index (χ3v) is 6.97. The van der Waals surface area contributed by atoms with Crippen LogP contribution in [-0.2, 0) is 26.2 Å². The summed E-state index contributed by atoms with van der Waals surface area (Å²) in [7, 11) is -2.03. The fourth-order valence-corrected chi connectivity index (χ4v) is 4.71. The van der Waals surface area contributed by atoms with Crippen molar-refractivity contribution in [3.05, 3.63) is 59.1 Å². The van der Waals surface area contributed by atoms with Gasteiger partial charge in [-0.3, -0.25) is 13.9 Å². The van der Waals surface area contributed by atoms with Gasteiger partial charge in [0, 0.05) is 30.6 Å². The third kappa shape index (κ3) is 8.43. The van der Waals surface area contributed by atoms with Gasteiger partial charge in [-0.2, -0.15) is 0 Å². The molecule has 35 heavy (non-hydrogen) atoms. The zero-order chi connectivity index (χ0) is 26.2. The largest absolute Gasteiger partial charge is 0.497 e. The molecule has 2 aromatic rings. The summed E-state index contributed by atoms with van der Waals surface area (Å²) >= 11 is 6.31. The van der Waals surface area contributed by atoms with Crippen LogP contribution in [0.15, 0.2) is 48.5 Å². The Morgan fingerprint density at radius 3 is 2.23 bits per heavy atom. The molecule has 192 valence electrons. The number of hydrogen-bond acceptors (Lipinski definition) is 5. The molecule has 0 aromatic heterocycles. The Balaban J connectivity index is 2.17. The molecule has 0 radical (unpaired) electrons. The minimum absolute atomic E-state index is 0.0614. The maximum Gasteiger partial charge on any atom is 0.242 e. The standard InChI is InChI=1S/C25H34ClN3O5S/c1-18(2)27-25(31)19(3)28(17-20-9-6-7-10-23(20)26)24(30)11-8-16-29(35(5,32)33)21-12-14-22(34-4)15-13-21/h6-7,9-10,12-15,18-19H,8,11,16-17H2,1-5H3,(H,27,31). The van der Waals surface area contributed by atoms with E-state index in [1.54, 1.807) is 43.3 Å². The minimum Gasteiger partial charge on any atom is -0.497 e. The number of hydrogen-bond donors (Lipinski definition) is 1. The number of carbonyl (C=O) groups excluding carboxylic acids is 2. The Bertz CT molecular complexity index is 1110. The number of nitrogens with one attached hydrogen (secondary N) is 1. The number of nitrogens with zero attached hydrogens (tertiary/aromatic N) is 2. The summed E-state index contributed by atoms with van der Waals surface area (Å²) in [4.78, 5) is 27.4. The van der Waals surface area contributed by atoms with Gasteiger partial charge >= 0.3 is 0 Å². The van der Waals surface area contributed by atoms with Gasteiger partial charge in [-0.25, -0.2) is 8.42 Å². The van der Waals surface area contributed by atoms with Crippen molar-refractivity contribution < 1.29 is 22.7 Å². The number of amides is 2. The van der Waals surface area contributed by atoms with Crippen molar-refractivity contribution in [3.8, 4) is 5.75 Å². The van der Waals surface area contributed by atoms with Crippen LogP contribution in [0.25, 0.3) is 0 Å². The molecule has 1 N–H and O–H groups in total. The molecule has 1 unspecified atom stereocenters. The van der Waals surface area contributed by atoms with Crippen LogP contribution in [-0.4, -0.2) is 57.1 Å². The second-order valence-corrected chi connectivity index (χ2v) is 10.9. The average Bonchev–Trinajstić information content (AvgIpc) is 2.79. The summed E-state index contributed by atoms with van der Waals surface area (Å²) in [6.45, 7) is 5.66. The van der Waals surface area contributed by atoms with Crippen LogP contribution in [0, 0.1) is 0 Å².